The Labute approximate surface area is 197 Å². The molecule has 2 aromatic carbocycles. The molecule has 1 unspecified atom stereocenters. The van der Waals surface area contributed by atoms with Gasteiger partial charge in [-0.05, 0) is 49.2 Å². The predicted molar refractivity (Wildman–Crippen MR) is 123 cm³/mol. The van der Waals surface area contributed by atoms with Crippen molar-refractivity contribution in [2.45, 2.75) is 39.4 Å². The lowest BCUT2D eigenvalue weighted by molar-refractivity contribution is 0.0650. The Morgan fingerprint density at radius 2 is 1.97 bits per heavy atom. The molecular weight excluding hydrogens is 438 g/mol. The lowest BCUT2D eigenvalue weighted by atomic mass is 10.1. The summed E-state index contributed by atoms with van der Waals surface area (Å²) < 4.78 is 21.3. The third-order valence-corrected chi connectivity index (χ3v) is 5.71. The number of hydrogen-bond acceptors (Lipinski definition) is 7. The number of rotatable bonds is 9. The first-order valence-corrected chi connectivity index (χ1v) is 11.1. The van der Waals surface area contributed by atoms with Crippen molar-refractivity contribution in [3.05, 3.63) is 71.1 Å². The summed E-state index contributed by atoms with van der Waals surface area (Å²) >= 11 is 0. The molecule has 0 spiro atoms. The van der Waals surface area contributed by atoms with E-state index in [9.17, 15) is 9.59 Å². The van der Waals surface area contributed by atoms with Gasteiger partial charge < -0.3 is 29.0 Å². The highest BCUT2D eigenvalue weighted by Crippen LogP contribution is 2.32. The van der Waals surface area contributed by atoms with Gasteiger partial charge in [-0.3, -0.25) is 9.59 Å². The molecule has 3 aromatic rings. The number of ether oxygens (including phenoxy) is 3. The van der Waals surface area contributed by atoms with Crippen molar-refractivity contribution in [3.63, 3.8) is 0 Å². The minimum atomic E-state index is -0.373. The Kier molecular flexibility index (Phi) is 7.01. The number of benzene rings is 2. The minimum absolute atomic E-state index is 0.0490. The summed E-state index contributed by atoms with van der Waals surface area (Å²) in [5.41, 5.74) is 1.53. The topological polar surface area (TPSA) is 103 Å². The van der Waals surface area contributed by atoms with Gasteiger partial charge in [0.05, 0.1) is 13.7 Å². The summed E-state index contributed by atoms with van der Waals surface area (Å²) in [4.78, 5) is 27.5. The molecule has 0 saturated heterocycles. The number of methoxy groups -OCH3 is 1. The predicted octanol–water partition coefficient (Wildman–Crippen LogP) is 3.78. The Hall–Kier alpha value is -4.01. The number of carbonyl (C=O) groups excluding carboxylic acids is 2. The van der Waals surface area contributed by atoms with Crippen LogP contribution in [0.25, 0.3) is 0 Å². The summed E-state index contributed by atoms with van der Waals surface area (Å²) in [7, 11) is 1.56. The second-order valence-corrected chi connectivity index (χ2v) is 7.97. The largest absolute Gasteiger partial charge is 0.497 e. The van der Waals surface area contributed by atoms with Gasteiger partial charge >= 0.3 is 0 Å². The van der Waals surface area contributed by atoms with E-state index in [1.807, 2.05) is 26.0 Å². The van der Waals surface area contributed by atoms with Crippen LogP contribution in [0.4, 0.5) is 0 Å². The second kappa shape index (κ2) is 10.3. The molecule has 1 atom stereocenters. The zero-order valence-corrected chi connectivity index (χ0v) is 19.4. The third kappa shape index (κ3) is 5.14. The van der Waals surface area contributed by atoms with E-state index in [-0.39, 0.29) is 36.9 Å². The van der Waals surface area contributed by atoms with Crippen LogP contribution in [-0.2, 0) is 13.1 Å². The average Bonchev–Trinajstić information content (AvgIpc) is 3.54. The molecule has 4 rings (SSSR count). The number of amides is 2. The van der Waals surface area contributed by atoms with Crippen LogP contribution >= 0.6 is 0 Å². The normalized spacial score (nSPS) is 12.8. The molecule has 1 aromatic heterocycles. The van der Waals surface area contributed by atoms with Crippen LogP contribution in [0.1, 0.15) is 52.4 Å². The maximum atomic E-state index is 13.2. The standard InChI is InChI=1S/C25H27N3O6/c1-4-16(2)28(25(30)18-6-5-7-19(11-18)31-3)14-20-12-21(27-34-20)24(29)26-13-17-8-9-22-23(10-17)33-15-32-22/h5-12,16H,4,13-15H2,1-3H3,(H,26,29). The van der Waals surface area contributed by atoms with Gasteiger partial charge in [-0.25, -0.2) is 0 Å². The van der Waals surface area contributed by atoms with Gasteiger partial charge in [0.25, 0.3) is 11.8 Å². The molecule has 34 heavy (non-hydrogen) atoms. The zero-order chi connectivity index (χ0) is 24.1. The number of nitrogens with zero attached hydrogens (tertiary/aromatic N) is 2. The third-order valence-electron chi connectivity index (χ3n) is 5.71. The molecule has 0 saturated carbocycles. The molecule has 0 radical (unpaired) electrons. The van der Waals surface area contributed by atoms with Crippen LogP contribution in [0.15, 0.2) is 53.1 Å². The SMILES string of the molecule is CCC(C)N(Cc1cc(C(=O)NCc2ccc3c(c2)OCO3)no1)C(=O)c1cccc(OC)c1. The summed E-state index contributed by atoms with van der Waals surface area (Å²) in [6.07, 6.45) is 0.757. The molecule has 2 heterocycles. The van der Waals surface area contributed by atoms with E-state index < -0.39 is 0 Å². The zero-order valence-electron chi connectivity index (χ0n) is 19.4. The van der Waals surface area contributed by atoms with E-state index in [4.69, 9.17) is 18.7 Å². The monoisotopic (exact) mass is 465 g/mol. The summed E-state index contributed by atoms with van der Waals surface area (Å²) in [6.45, 7) is 4.65. The maximum absolute atomic E-state index is 13.2. The van der Waals surface area contributed by atoms with Crippen LogP contribution in [0.3, 0.4) is 0 Å². The number of carbonyl (C=O) groups is 2. The van der Waals surface area contributed by atoms with E-state index in [1.54, 1.807) is 48.4 Å². The Morgan fingerprint density at radius 3 is 2.76 bits per heavy atom. The first-order chi connectivity index (χ1) is 16.5. The van der Waals surface area contributed by atoms with E-state index in [0.29, 0.717) is 35.1 Å². The van der Waals surface area contributed by atoms with Crippen molar-refractivity contribution in [2.75, 3.05) is 13.9 Å². The highest BCUT2D eigenvalue weighted by atomic mass is 16.7. The molecule has 1 N–H and O–H groups in total. The van der Waals surface area contributed by atoms with Crippen LogP contribution in [0.5, 0.6) is 17.2 Å². The Balaban J connectivity index is 1.41. The van der Waals surface area contributed by atoms with Crippen molar-refractivity contribution in [1.82, 2.24) is 15.4 Å². The summed E-state index contributed by atoms with van der Waals surface area (Å²) in [5, 5.41) is 6.71. The molecule has 9 heteroatoms. The van der Waals surface area contributed by atoms with Crippen LogP contribution in [0, 0.1) is 0 Å². The van der Waals surface area contributed by atoms with Crippen molar-refractivity contribution in [3.8, 4) is 17.2 Å². The summed E-state index contributed by atoms with van der Waals surface area (Å²) in [6, 6.07) is 14.0. The van der Waals surface area contributed by atoms with Crippen molar-refractivity contribution >= 4 is 11.8 Å². The van der Waals surface area contributed by atoms with Gasteiger partial charge in [0.15, 0.2) is 23.0 Å². The molecule has 2 amide bonds. The molecule has 0 bridgehead atoms. The number of fused-ring (bicyclic) bond motifs is 1. The molecule has 1 aliphatic rings. The fourth-order valence-corrected chi connectivity index (χ4v) is 3.56. The van der Waals surface area contributed by atoms with E-state index in [0.717, 1.165) is 12.0 Å². The van der Waals surface area contributed by atoms with Crippen LogP contribution in [0.2, 0.25) is 0 Å². The number of nitrogens with one attached hydrogen (secondary N) is 1. The Bertz CT molecular complexity index is 1170. The van der Waals surface area contributed by atoms with Crippen molar-refractivity contribution in [1.29, 1.82) is 0 Å². The highest BCUT2D eigenvalue weighted by Gasteiger charge is 2.24. The average molecular weight is 466 g/mol. The molecule has 178 valence electrons. The van der Waals surface area contributed by atoms with Gasteiger partial charge in [-0.1, -0.05) is 24.2 Å². The fraction of sp³-hybridized carbons (Fsp3) is 0.320. The Morgan fingerprint density at radius 1 is 1.15 bits per heavy atom. The molecule has 0 fully saturated rings. The van der Waals surface area contributed by atoms with Crippen LogP contribution < -0.4 is 19.5 Å². The molecular formula is C25H27N3O6. The lowest BCUT2D eigenvalue weighted by Crippen LogP contribution is -2.37. The lowest BCUT2D eigenvalue weighted by Gasteiger charge is -2.27. The first-order valence-electron chi connectivity index (χ1n) is 11.1. The minimum Gasteiger partial charge on any atom is -0.497 e. The first kappa shape index (κ1) is 23.2. The van der Waals surface area contributed by atoms with Gasteiger partial charge in [0.2, 0.25) is 6.79 Å². The quantitative estimate of drug-likeness (QED) is 0.513. The number of aromatic nitrogens is 1. The van der Waals surface area contributed by atoms with Gasteiger partial charge in [0.1, 0.15) is 5.75 Å². The van der Waals surface area contributed by atoms with E-state index in [2.05, 4.69) is 10.5 Å². The van der Waals surface area contributed by atoms with E-state index >= 15 is 0 Å². The summed E-state index contributed by atoms with van der Waals surface area (Å²) in [5.74, 6) is 1.84. The highest BCUT2D eigenvalue weighted by molar-refractivity contribution is 5.95. The molecule has 9 nitrogen and oxygen atoms in total. The molecule has 0 aliphatic carbocycles. The van der Waals surface area contributed by atoms with Crippen molar-refractivity contribution < 1.29 is 28.3 Å². The second-order valence-electron chi connectivity index (χ2n) is 7.97. The maximum Gasteiger partial charge on any atom is 0.273 e. The van der Waals surface area contributed by atoms with Crippen LogP contribution in [-0.4, -0.2) is 41.8 Å². The molecule has 1 aliphatic heterocycles. The van der Waals surface area contributed by atoms with Gasteiger partial charge in [-0.2, -0.15) is 0 Å². The van der Waals surface area contributed by atoms with Gasteiger partial charge in [0, 0.05) is 24.2 Å². The smallest absolute Gasteiger partial charge is 0.273 e. The van der Waals surface area contributed by atoms with Crippen molar-refractivity contribution in [2.24, 2.45) is 0 Å². The number of hydrogen-bond donors (Lipinski definition) is 1. The van der Waals surface area contributed by atoms with Gasteiger partial charge in [-0.15, -0.1) is 0 Å². The fourth-order valence-electron chi connectivity index (χ4n) is 3.56. The van der Waals surface area contributed by atoms with E-state index in [1.165, 1.54) is 0 Å².